The van der Waals surface area contributed by atoms with Crippen LogP contribution in [0.4, 0.5) is 5.69 Å². The van der Waals surface area contributed by atoms with E-state index in [2.05, 4.69) is 5.32 Å². The predicted molar refractivity (Wildman–Crippen MR) is 107 cm³/mol. The summed E-state index contributed by atoms with van der Waals surface area (Å²) in [4.78, 5) is 20.8. The number of alkyl halides is 4. The molecule has 1 aromatic rings. The molecular formula is C16H11Cl6NO4. The van der Waals surface area contributed by atoms with Crippen LogP contribution in [0.5, 0.6) is 5.75 Å². The molecule has 146 valence electrons. The fraction of sp³-hybridized carbons (Fsp3) is 0.375. The van der Waals surface area contributed by atoms with Gasteiger partial charge in [-0.15, -0.1) is 23.2 Å². The fourth-order valence-corrected chi connectivity index (χ4v) is 6.46. The van der Waals surface area contributed by atoms with Crippen molar-refractivity contribution in [1.29, 1.82) is 0 Å². The van der Waals surface area contributed by atoms with Crippen molar-refractivity contribution in [3.8, 4) is 5.75 Å². The van der Waals surface area contributed by atoms with Crippen LogP contribution in [0.2, 0.25) is 0 Å². The molecule has 27 heavy (non-hydrogen) atoms. The number of carboxylic acid groups (broad SMARTS) is 1. The number of amides is 1. The van der Waals surface area contributed by atoms with Crippen molar-refractivity contribution in [2.45, 2.75) is 14.1 Å². The molecule has 0 heterocycles. The van der Waals surface area contributed by atoms with Crippen LogP contribution < -0.4 is 10.1 Å². The van der Waals surface area contributed by atoms with Crippen molar-refractivity contribution in [2.24, 2.45) is 11.8 Å². The predicted octanol–water partition coefficient (Wildman–Crippen LogP) is 4.80. The molecule has 2 bridgehead atoms. The molecule has 2 aliphatic rings. The molecule has 2 aliphatic carbocycles. The Balaban J connectivity index is 2.05. The molecule has 11 heteroatoms. The van der Waals surface area contributed by atoms with Gasteiger partial charge in [0, 0.05) is 5.69 Å². The minimum absolute atomic E-state index is 0.252. The third-order valence-corrected chi connectivity index (χ3v) is 9.10. The normalized spacial score (nSPS) is 33.9. The molecule has 5 nitrogen and oxygen atoms in total. The third-order valence-electron chi connectivity index (χ3n) is 4.84. The van der Waals surface area contributed by atoms with Crippen LogP contribution in [0.15, 0.2) is 34.3 Å². The van der Waals surface area contributed by atoms with E-state index in [1.807, 2.05) is 0 Å². The van der Waals surface area contributed by atoms with Crippen molar-refractivity contribution >= 4 is 87.2 Å². The van der Waals surface area contributed by atoms with Crippen LogP contribution in [0, 0.1) is 11.8 Å². The maximum absolute atomic E-state index is 13.0. The second-order valence-corrected chi connectivity index (χ2v) is 9.41. The van der Waals surface area contributed by atoms with Gasteiger partial charge in [-0.25, -0.2) is 0 Å². The van der Waals surface area contributed by atoms with Crippen LogP contribution >= 0.6 is 69.6 Å². The van der Waals surface area contributed by atoms with E-state index in [4.69, 9.17) is 74.3 Å². The summed E-state index contributed by atoms with van der Waals surface area (Å²) in [5.41, 5.74) is 0.373. The van der Waals surface area contributed by atoms with E-state index in [1.54, 1.807) is 24.3 Å². The summed E-state index contributed by atoms with van der Waals surface area (Å²) >= 11 is 38.1. The number of nitrogens with one attached hydrogen (secondary N) is 1. The molecule has 0 aliphatic heterocycles. The number of anilines is 1. The van der Waals surface area contributed by atoms with Gasteiger partial charge in [0.25, 0.3) is 0 Å². The van der Waals surface area contributed by atoms with Gasteiger partial charge in [0.05, 0.1) is 29.0 Å². The van der Waals surface area contributed by atoms with Crippen molar-refractivity contribution in [2.75, 3.05) is 12.4 Å². The number of fused-ring (bicyclic) bond motifs is 2. The largest absolute Gasteiger partial charge is 0.497 e. The molecule has 1 fully saturated rings. The summed E-state index contributed by atoms with van der Waals surface area (Å²) in [6, 6.07) is 6.36. The lowest BCUT2D eigenvalue weighted by molar-refractivity contribution is -0.146. The Morgan fingerprint density at radius 3 is 1.93 bits per heavy atom. The highest BCUT2D eigenvalue weighted by Crippen LogP contribution is 2.76. The molecule has 1 saturated carbocycles. The summed E-state index contributed by atoms with van der Waals surface area (Å²) in [5, 5.41) is 11.8. The molecule has 0 radical (unpaired) electrons. The van der Waals surface area contributed by atoms with E-state index in [-0.39, 0.29) is 10.1 Å². The third kappa shape index (κ3) is 2.59. The number of rotatable bonds is 4. The number of carbonyl (C=O) groups excluding carboxylic acids is 1. The van der Waals surface area contributed by atoms with Gasteiger partial charge in [0.15, 0.2) is 4.33 Å². The Labute approximate surface area is 184 Å². The summed E-state index contributed by atoms with van der Waals surface area (Å²) in [6.45, 7) is 0. The second kappa shape index (κ2) is 6.75. The molecule has 0 saturated heterocycles. The number of allylic oxidation sites excluding steroid dienone is 2. The summed E-state index contributed by atoms with van der Waals surface area (Å²) in [5.74, 6) is -4.72. The van der Waals surface area contributed by atoms with E-state index in [0.29, 0.717) is 11.4 Å². The monoisotopic (exact) mass is 491 g/mol. The second-order valence-electron chi connectivity index (χ2n) is 6.14. The summed E-state index contributed by atoms with van der Waals surface area (Å²) in [6.07, 6.45) is 0. The van der Waals surface area contributed by atoms with Crippen LogP contribution in [0.25, 0.3) is 0 Å². The first-order valence-electron chi connectivity index (χ1n) is 7.44. The Kier molecular flexibility index (Phi) is 5.29. The number of hydrogen-bond acceptors (Lipinski definition) is 3. The average Bonchev–Trinajstić information content (AvgIpc) is 2.82. The Morgan fingerprint density at radius 1 is 1.00 bits per heavy atom. The lowest BCUT2D eigenvalue weighted by Crippen LogP contribution is -2.47. The highest BCUT2D eigenvalue weighted by molar-refractivity contribution is 6.66. The number of halogens is 6. The average molecular weight is 494 g/mol. The Morgan fingerprint density at radius 2 is 1.48 bits per heavy atom. The van der Waals surface area contributed by atoms with Gasteiger partial charge in [0.2, 0.25) is 5.91 Å². The molecular weight excluding hydrogens is 483 g/mol. The lowest BCUT2D eigenvalue weighted by Gasteiger charge is -2.33. The van der Waals surface area contributed by atoms with E-state index < -0.39 is 37.8 Å². The van der Waals surface area contributed by atoms with Crippen LogP contribution in [-0.4, -0.2) is 38.2 Å². The molecule has 0 spiro atoms. The SMILES string of the molecule is COc1ccc(NC(=O)[C@H]2[C@H](C(=O)O)[C@]3(Cl)C(Cl)=C(Cl)[C@]2(Cl)C3(Cl)Cl)cc1. The van der Waals surface area contributed by atoms with Gasteiger partial charge in [-0.2, -0.15) is 0 Å². The number of hydrogen-bond donors (Lipinski definition) is 2. The van der Waals surface area contributed by atoms with Gasteiger partial charge in [-0.1, -0.05) is 46.4 Å². The van der Waals surface area contributed by atoms with E-state index in [1.165, 1.54) is 7.11 Å². The quantitative estimate of drug-likeness (QED) is 0.591. The number of carbonyl (C=O) groups is 2. The standard InChI is InChI=1S/C16H11Cl6NO4/c1-27-7-4-2-6(3-5-7)23-12(24)8-9(13(25)26)15(20)11(18)10(17)14(8,19)16(15,21)22/h2-5,8-9H,1H3,(H,23,24)(H,25,26)/t8-,9-,14+,15+/m1/s1. The molecule has 3 rings (SSSR count). The zero-order valence-electron chi connectivity index (χ0n) is 13.4. The molecule has 0 unspecified atom stereocenters. The van der Waals surface area contributed by atoms with Gasteiger partial charge < -0.3 is 15.2 Å². The minimum Gasteiger partial charge on any atom is -0.497 e. The van der Waals surface area contributed by atoms with Crippen molar-refractivity contribution in [3.05, 3.63) is 34.3 Å². The first-order chi connectivity index (χ1) is 12.4. The van der Waals surface area contributed by atoms with Crippen molar-refractivity contribution in [3.63, 3.8) is 0 Å². The zero-order chi connectivity index (χ0) is 20.4. The highest BCUT2D eigenvalue weighted by Gasteiger charge is 2.85. The maximum atomic E-state index is 13.0. The Bertz CT molecular complexity index is 857. The molecule has 1 amide bonds. The van der Waals surface area contributed by atoms with Crippen LogP contribution in [0.3, 0.4) is 0 Å². The zero-order valence-corrected chi connectivity index (χ0v) is 17.9. The fourth-order valence-electron chi connectivity index (χ4n) is 3.52. The maximum Gasteiger partial charge on any atom is 0.309 e. The van der Waals surface area contributed by atoms with Gasteiger partial charge in [-0.05, 0) is 24.3 Å². The van der Waals surface area contributed by atoms with Gasteiger partial charge in [-0.3, -0.25) is 9.59 Å². The van der Waals surface area contributed by atoms with Crippen LogP contribution in [0.1, 0.15) is 0 Å². The van der Waals surface area contributed by atoms with Crippen molar-refractivity contribution < 1.29 is 19.4 Å². The van der Waals surface area contributed by atoms with Crippen molar-refractivity contribution in [1.82, 2.24) is 0 Å². The smallest absolute Gasteiger partial charge is 0.309 e. The number of carboxylic acids is 1. The van der Waals surface area contributed by atoms with Gasteiger partial charge >= 0.3 is 5.97 Å². The summed E-state index contributed by atoms with van der Waals surface area (Å²) in [7, 11) is 1.50. The van der Waals surface area contributed by atoms with Crippen LogP contribution in [-0.2, 0) is 9.59 Å². The number of benzene rings is 1. The first kappa shape index (κ1) is 21.2. The lowest BCUT2D eigenvalue weighted by atomic mass is 9.81. The molecule has 0 aromatic heterocycles. The molecule has 2 N–H and O–H groups in total. The van der Waals surface area contributed by atoms with E-state index >= 15 is 0 Å². The number of aliphatic carboxylic acids is 1. The molecule has 4 atom stereocenters. The van der Waals surface area contributed by atoms with E-state index in [0.717, 1.165) is 0 Å². The topological polar surface area (TPSA) is 75.6 Å². The first-order valence-corrected chi connectivity index (χ1v) is 9.71. The van der Waals surface area contributed by atoms with E-state index in [9.17, 15) is 14.7 Å². The number of methoxy groups -OCH3 is 1. The summed E-state index contributed by atoms with van der Waals surface area (Å²) < 4.78 is 2.91. The van der Waals surface area contributed by atoms with Gasteiger partial charge in [0.1, 0.15) is 15.5 Å². The number of ether oxygens (including phenoxy) is 1. The molecule has 1 aromatic carbocycles. The Hall–Kier alpha value is -0.560. The minimum atomic E-state index is -2.14. The highest BCUT2D eigenvalue weighted by atomic mass is 35.5.